The zero-order chi connectivity index (χ0) is 12.2. The molecular weight excluding hydrogens is 219 g/mol. The summed E-state index contributed by atoms with van der Waals surface area (Å²) in [6.07, 6.45) is -3.68. The van der Waals surface area contributed by atoms with E-state index in [1.807, 2.05) is 0 Å². The number of halogens is 3. The van der Waals surface area contributed by atoms with E-state index >= 15 is 0 Å². The summed E-state index contributed by atoms with van der Waals surface area (Å²) in [6, 6.07) is 7.98. The van der Waals surface area contributed by atoms with Crippen LogP contribution >= 0.6 is 0 Å². The molecular formula is C11H10F3NO. The zero-order valence-electron chi connectivity index (χ0n) is 8.51. The van der Waals surface area contributed by atoms with Crippen LogP contribution in [0.15, 0.2) is 36.0 Å². The van der Waals surface area contributed by atoms with Gasteiger partial charge in [0.25, 0.3) is 0 Å². The number of carbonyl (C=O) groups is 1. The van der Waals surface area contributed by atoms with Gasteiger partial charge in [0.05, 0.1) is 0 Å². The summed E-state index contributed by atoms with van der Waals surface area (Å²) in [5.74, 6) is -0.750. The van der Waals surface area contributed by atoms with E-state index in [9.17, 15) is 18.0 Å². The number of hydrogen-bond donors (Lipinski definition) is 1. The average Bonchev–Trinajstić information content (AvgIpc) is 2.16. The van der Waals surface area contributed by atoms with Crippen molar-refractivity contribution in [1.29, 1.82) is 0 Å². The largest absolute Gasteiger partial charge is 0.431 e. The first-order valence-electron chi connectivity index (χ1n) is 4.51. The van der Waals surface area contributed by atoms with Gasteiger partial charge in [-0.3, -0.25) is 4.79 Å². The standard InChI is InChI=1S/C11H10F3NO/c1-8(16)15-10(11(12,13)14)7-9-5-3-2-4-6-9/h2-7H,1H3,(H,15,16)/b10-7+. The molecule has 0 atom stereocenters. The van der Waals surface area contributed by atoms with Crippen LogP contribution in [0.5, 0.6) is 0 Å². The molecule has 0 saturated carbocycles. The Morgan fingerprint density at radius 3 is 2.25 bits per heavy atom. The van der Waals surface area contributed by atoms with Crippen LogP contribution in [0.3, 0.4) is 0 Å². The molecule has 2 nitrogen and oxygen atoms in total. The zero-order valence-corrected chi connectivity index (χ0v) is 8.51. The van der Waals surface area contributed by atoms with Gasteiger partial charge >= 0.3 is 6.18 Å². The van der Waals surface area contributed by atoms with E-state index in [1.54, 1.807) is 23.5 Å². The highest BCUT2D eigenvalue weighted by Gasteiger charge is 2.34. The highest BCUT2D eigenvalue weighted by molar-refractivity contribution is 5.76. The number of benzene rings is 1. The van der Waals surface area contributed by atoms with Gasteiger partial charge < -0.3 is 5.32 Å². The van der Waals surface area contributed by atoms with Crippen LogP contribution in [-0.4, -0.2) is 12.1 Å². The molecule has 1 rings (SSSR count). The first-order chi connectivity index (χ1) is 7.39. The number of alkyl halides is 3. The minimum atomic E-state index is -4.57. The normalized spacial score (nSPS) is 12.4. The Morgan fingerprint density at radius 2 is 1.81 bits per heavy atom. The van der Waals surface area contributed by atoms with Crippen molar-refractivity contribution in [1.82, 2.24) is 5.32 Å². The van der Waals surface area contributed by atoms with E-state index in [1.165, 1.54) is 12.1 Å². The van der Waals surface area contributed by atoms with Crippen molar-refractivity contribution in [2.75, 3.05) is 0 Å². The number of amides is 1. The van der Waals surface area contributed by atoms with Crippen molar-refractivity contribution in [3.63, 3.8) is 0 Å². The molecule has 0 aliphatic heterocycles. The third kappa shape index (κ3) is 3.76. The molecule has 0 spiro atoms. The molecule has 1 amide bonds. The minimum Gasteiger partial charge on any atom is -0.322 e. The third-order valence-corrected chi connectivity index (χ3v) is 1.73. The second-order valence-corrected chi connectivity index (χ2v) is 3.15. The number of allylic oxidation sites excluding steroid dienone is 1. The van der Waals surface area contributed by atoms with E-state index in [4.69, 9.17) is 0 Å². The molecule has 0 aliphatic carbocycles. The molecule has 0 aromatic heterocycles. The summed E-state index contributed by atoms with van der Waals surface area (Å²) in [5, 5.41) is 1.77. The topological polar surface area (TPSA) is 29.1 Å². The Balaban J connectivity index is 3.02. The SMILES string of the molecule is CC(=O)N/C(=C/c1ccccc1)C(F)(F)F. The monoisotopic (exact) mass is 229 g/mol. The van der Waals surface area contributed by atoms with Gasteiger partial charge in [0.15, 0.2) is 0 Å². The van der Waals surface area contributed by atoms with Crippen LogP contribution in [0.1, 0.15) is 12.5 Å². The van der Waals surface area contributed by atoms with Crippen LogP contribution in [0.4, 0.5) is 13.2 Å². The first-order valence-corrected chi connectivity index (χ1v) is 4.51. The summed E-state index contributed by atoms with van der Waals surface area (Å²) in [6.45, 7) is 1.03. The predicted molar refractivity (Wildman–Crippen MR) is 54.3 cm³/mol. The third-order valence-electron chi connectivity index (χ3n) is 1.73. The Morgan fingerprint density at radius 1 is 1.25 bits per heavy atom. The molecule has 0 fully saturated rings. The fraction of sp³-hybridized carbons (Fsp3) is 0.182. The second kappa shape index (κ2) is 4.83. The van der Waals surface area contributed by atoms with Gasteiger partial charge in [-0.2, -0.15) is 13.2 Å². The van der Waals surface area contributed by atoms with Gasteiger partial charge in [-0.15, -0.1) is 0 Å². The Bertz CT molecular complexity index is 395. The average molecular weight is 229 g/mol. The van der Waals surface area contributed by atoms with E-state index < -0.39 is 17.8 Å². The van der Waals surface area contributed by atoms with Crippen molar-refractivity contribution in [2.45, 2.75) is 13.1 Å². The molecule has 0 radical (unpaired) electrons. The summed E-state index contributed by atoms with van der Waals surface area (Å²) in [5.41, 5.74) is -0.685. The van der Waals surface area contributed by atoms with Crippen LogP contribution in [0, 0.1) is 0 Å². The Hall–Kier alpha value is -1.78. The lowest BCUT2D eigenvalue weighted by molar-refractivity contribution is -0.124. The summed E-state index contributed by atoms with van der Waals surface area (Å²) in [7, 11) is 0. The lowest BCUT2D eigenvalue weighted by atomic mass is 10.2. The van der Waals surface area contributed by atoms with Crippen LogP contribution in [-0.2, 0) is 4.79 Å². The first kappa shape index (κ1) is 12.3. The van der Waals surface area contributed by atoms with Crippen molar-refractivity contribution in [2.24, 2.45) is 0 Å². The quantitative estimate of drug-likeness (QED) is 0.830. The van der Waals surface area contributed by atoms with Crippen molar-refractivity contribution < 1.29 is 18.0 Å². The summed E-state index contributed by atoms with van der Waals surface area (Å²) < 4.78 is 37.4. The molecule has 0 unspecified atom stereocenters. The van der Waals surface area contributed by atoms with Crippen LogP contribution in [0.2, 0.25) is 0 Å². The second-order valence-electron chi connectivity index (χ2n) is 3.15. The molecule has 0 saturated heterocycles. The number of carbonyl (C=O) groups excluding carboxylic acids is 1. The molecule has 16 heavy (non-hydrogen) atoms. The van der Waals surface area contributed by atoms with E-state index in [0.29, 0.717) is 5.56 Å². The lowest BCUT2D eigenvalue weighted by Crippen LogP contribution is -2.29. The maximum absolute atomic E-state index is 12.5. The van der Waals surface area contributed by atoms with Crippen molar-refractivity contribution in [3.05, 3.63) is 41.6 Å². The molecule has 86 valence electrons. The molecule has 0 bridgehead atoms. The maximum Gasteiger partial charge on any atom is 0.431 e. The van der Waals surface area contributed by atoms with Gasteiger partial charge in [0.1, 0.15) is 5.70 Å². The smallest absolute Gasteiger partial charge is 0.322 e. The van der Waals surface area contributed by atoms with Crippen LogP contribution in [0.25, 0.3) is 6.08 Å². The van der Waals surface area contributed by atoms with Gasteiger partial charge in [-0.05, 0) is 11.6 Å². The van der Waals surface area contributed by atoms with Crippen LogP contribution < -0.4 is 5.32 Å². The highest BCUT2D eigenvalue weighted by atomic mass is 19.4. The predicted octanol–water partition coefficient (Wildman–Crippen LogP) is 2.73. The number of rotatable bonds is 2. The van der Waals surface area contributed by atoms with Crippen molar-refractivity contribution >= 4 is 12.0 Å². The molecule has 1 aromatic rings. The summed E-state index contributed by atoms with van der Waals surface area (Å²) >= 11 is 0. The van der Waals surface area contributed by atoms with Gasteiger partial charge in [-0.1, -0.05) is 30.3 Å². The number of hydrogen-bond acceptors (Lipinski definition) is 1. The highest BCUT2D eigenvalue weighted by Crippen LogP contribution is 2.25. The van der Waals surface area contributed by atoms with E-state index in [0.717, 1.165) is 13.0 Å². The fourth-order valence-electron chi connectivity index (χ4n) is 1.09. The van der Waals surface area contributed by atoms with Crippen molar-refractivity contribution in [3.8, 4) is 0 Å². The lowest BCUT2D eigenvalue weighted by Gasteiger charge is -2.11. The maximum atomic E-state index is 12.5. The molecule has 0 heterocycles. The molecule has 1 aromatic carbocycles. The molecule has 1 N–H and O–H groups in total. The van der Waals surface area contributed by atoms with Gasteiger partial charge in [-0.25, -0.2) is 0 Å². The van der Waals surface area contributed by atoms with E-state index in [2.05, 4.69) is 0 Å². The van der Waals surface area contributed by atoms with E-state index in [-0.39, 0.29) is 0 Å². The number of nitrogens with one attached hydrogen (secondary N) is 1. The van der Waals surface area contributed by atoms with Gasteiger partial charge in [0.2, 0.25) is 5.91 Å². The Labute approximate surface area is 90.8 Å². The summed E-state index contributed by atoms with van der Waals surface area (Å²) in [4.78, 5) is 10.6. The van der Waals surface area contributed by atoms with Gasteiger partial charge in [0, 0.05) is 6.92 Å². The molecule has 5 heteroatoms. The molecule has 0 aliphatic rings. The fourth-order valence-corrected chi connectivity index (χ4v) is 1.09. The minimum absolute atomic E-state index is 0.378. The Kier molecular flexibility index (Phi) is 3.71.